The van der Waals surface area contributed by atoms with Crippen molar-refractivity contribution in [2.45, 2.75) is 25.3 Å². The summed E-state index contributed by atoms with van der Waals surface area (Å²) in [5.74, 6) is -0.120. The first kappa shape index (κ1) is 24.9. The van der Waals surface area contributed by atoms with Crippen LogP contribution in [0.15, 0.2) is 59.6 Å². The Hall–Kier alpha value is -3.22. The fraction of sp³-hybridized carbons (Fsp3) is 0.321. The minimum absolute atomic E-state index is 0.0307. The number of carbonyl (C=O) groups is 2. The molecule has 0 atom stereocenters. The van der Waals surface area contributed by atoms with E-state index >= 15 is 0 Å². The molecule has 0 bridgehead atoms. The Morgan fingerprint density at radius 3 is 2.54 bits per heavy atom. The third-order valence-electron chi connectivity index (χ3n) is 6.75. The monoisotopic (exact) mass is 491 g/mol. The van der Waals surface area contributed by atoms with Crippen molar-refractivity contribution in [3.63, 3.8) is 0 Å². The summed E-state index contributed by atoms with van der Waals surface area (Å²) < 4.78 is 0. The van der Waals surface area contributed by atoms with E-state index in [1.807, 2.05) is 48.3 Å². The van der Waals surface area contributed by atoms with Crippen LogP contribution in [0.2, 0.25) is 5.02 Å². The SMILES string of the molecule is CN1CCC(N(C)C(=O)Cc2ccc(C=NCC(=O)c3ccc(O)c(Cl)c3)c3ccccc23)CC1. The average Bonchev–Trinajstić information content (AvgIpc) is 2.86. The van der Waals surface area contributed by atoms with Crippen LogP contribution in [-0.4, -0.2) is 72.6 Å². The maximum Gasteiger partial charge on any atom is 0.227 e. The Balaban J connectivity index is 1.48. The van der Waals surface area contributed by atoms with Gasteiger partial charge in [0.1, 0.15) is 12.3 Å². The first-order chi connectivity index (χ1) is 16.8. The number of aromatic hydroxyl groups is 1. The van der Waals surface area contributed by atoms with Crippen LogP contribution in [0, 0.1) is 0 Å². The molecule has 0 aromatic heterocycles. The van der Waals surface area contributed by atoms with E-state index in [-0.39, 0.29) is 35.0 Å². The number of benzene rings is 3. The van der Waals surface area contributed by atoms with Gasteiger partial charge >= 0.3 is 0 Å². The molecule has 1 N–H and O–H groups in total. The molecular formula is C28H30ClN3O3. The molecular weight excluding hydrogens is 462 g/mol. The molecule has 0 spiro atoms. The second kappa shape index (κ2) is 11.0. The molecule has 0 radical (unpaired) electrons. The zero-order valence-electron chi connectivity index (χ0n) is 20.1. The second-order valence-corrected chi connectivity index (χ2v) is 9.54. The van der Waals surface area contributed by atoms with Gasteiger partial charge in [-0.25, -0.2) is 0 Å². The molecule has 0 unspecified atom stereocenters. The average molecular weight is 492 g/mol. The lowest BCUT2D eigenvalue weighted by Gasteiger charge is -2.35. The molecule has 1 aliphatic heterocycles. The third-order valence-corrected chi connectivity index (χ3v) is 7.06. The van der Waals surface area contributed by atoms with Crippen molar-refractivity contribution < 1.29 is 14.7 Å². The number of likely N-dealkylation sites (tertiary alicyclic amines) is 1. The largest absolute Gasteiger partial charge is 0.506 e. The number of likely N-dealkylation sites (N-methyl/N-ethyl adjacent to an activating group) is 1. The van der Waals surface area contributed by atoms with Crippen molar-refractivity contribution in [3.05, 3.63) is 76.3 Å². The highest BCUT2D eigenvalue weighted by molar-refractivity contribution is 6.32. The van der Waals surface area contributed by atoms with Crippen molar-refractivity contribution >= 4 is 40.3 Å². The lowest BCUT2D eigenvalue weighted by Crippen LogP contribution is -2.45. The van der Waals surface area contributed by atoms with Gasteiger partial charge in [-0.3, -0.25) is 14.6 Å². The standard InChI is InChI=1S/C28H30ClN3O3/c1-31-13-11-22(12-14-31)32(2)28(35)16-19-7-8-21(24-6-4-3-5-23(19)24)17-30-18-27(34)20-9-10-26(33)25(29)15-20/h3-10,15,17,22,33H,11-14,16,18H2,1-2H3. The van der Waals surface area contributed by atoms with E-state index in [4.69, 9.17) is 11.6 Å². The highest BCUT2D eigenvalue weighted by Gasteiger charge is 2.24. The topological polar surface area (TPSA) is 73.2 Å². The van der Waals surface area contributed by atoms with Gasteiger partial charge in [0.25, 0.3) is 0 Å². The number of fused-ring (bicyclic) bond motifs is 1. The molecule has 35 heavy (non-hydrogen) atoms. The fourth-order valence-electron chi connectivity index (χ4n) is 4.52. The molecule has 1 fully saturated rings. The Kier molecular flexibility index (Phi) is 7.83. The first-order valence-electron chi connectivity index (χ1n) is 11.8. The van der Waals surface area contributed by atoms with E-state index in [2.05, 4.69) is 16.9 Å². The van der Waals surface area contributed by atoms with Crippen LogP contribution in [0.1, 0.15) is 34.3 Å². The van der Waals surface area contributed by atoms with Crippen LogP contribution in [0.4, 0.5) is 0 Å². The Morgan fingerprint density at radius 2 is 1.83 bits per heavy atom. The Bertz CT molecular complexity index is 1270. The number of Topliss-reactive ketones (excluding diaryl/α,β-unsaturated/α-hetero) is 1. The molecule has 1 amide bonds. The predicted molar refractivity (Wildman–Crippen MR) is 141 cm³/mol. The van der Waals surface area contributed by atoms with Gasteiger partial charge in [-0.05, 0) is 67.5 Å². The molecule has 1 saturated heterocycles. The molecule has 4 rings (SSSR count). The van der Waals surface area contributed by atoms with Crippen LogP contribution < -0.4 is 0 Å². The summed E-state index contributed by atoms with van der Waals surface area (Å²) in [6.07, 6.45) is 4.05. The smallest absolute Gasteiger partial charge is 0.227 e. The highest BCUT2D eigenvalue weighted by atomic mass is 35.5. The number of carbonyl (C=O) groups excluding carboxylic acids is 2. The number of phenols is 1. The summed E-state index contributed by atoms with van der Waals surface area (Å²) in [6, 6.07) is 16.5. The van der Waals surface area contributed by atoms with Crippen molar-refractivity contribution in [2.75, 3.05) is 33.7 Å². The zero-order chi connectivity index (χ0) is 24.9. The molecule has 3 aromatic carbocycles. The van der Waals surface area contributed by atoms with Crippen LogP contribution in [0.3, 0.4) is 0 Å². The summed E-state index contributed by atoms with van der Waals surface area (Å²) in [4.78, 5) is 34.1. The van der Waals surface area contributed by atoms with E-state index in [0.717, 1.165) is 47.8 Å². The number of phenolic OH excluding ortho intramolecular Hbond substituents is 1. The second-order valence-electron chi connectivity index (χ2n) is 9.13. The molecule has 182 valence electrons. The van der Waals surface area contributed by atoms with Crippen LogP contribution in [-0.2, 0) is 11.2 Å². The normalized spacial score (nSPS) is 15.1. The van der Waals surface area contributed by atoms with E-state index in [1.165, 1.54) is 18.2 Å². The number of piperidine rings is 1. The van der Waals surface area contributed by atoms with Gasteiger partial charge in [0.15, 0.2) is 5.78 Å². The summed E-state index contributed by atoms with van der Waals surface area (Å²) in [5, 5.41) is 11.7. The molecule has 0 saturated carbocycles. The first-order valence-corrected chi connectivity index (χ1v) is 12.2. The van der Waals surface area contributed by atoms with Gasteiger partial charge < -0.3 is 14.9 Å². The lowest BCUT2D eigenvalue weighted by atomic mass is 9.97. The van der Waals surface area contributed by atoms with Crippen molar-refractivity contribution in [3.8, 4) is 5.75 Å². The molecule has 1 heterocycles. The number of aliphatic imine (C=N–C) groups is 1. The highest BCUT2D eigenvalue weighted by Crippen LogP contribution is 2.25. The van der Waals surface area contributed by atoms with E-state index < -0.39 is 0 Å². The number of ketones is 1. The van der Waals surface area contributed by atoms with Gasteiger partial charge in [0.05, 0.1) is 11.4 Å². The summed E-state index contributed by atoms with van der Waals surface area (Å²) in [6.45, 7) is 2.00. The number of halogens is 1. The third kappa shape index (κ3) is 5.89. The van der Waals surface area contributed by atoms with E-state index in [9.17, 15) is 14.7 Å². The summed E-state index contributed by atoms with van der Waals surface area (Å²) in [7, 11) is 4.04. The van der Waals surface area contributed by atoms with E-state index in [1.54, 1.807) is 6.21 Å². The van der Waals surface area contributed by atoms with Crippen molar-refractivity contribution in [1.82, 2.24) is 9.80 Å². The quantitative estimate of drug-likeness (QED) is 0.387. The summed E-state index contributed by atoms with van der Waals surface area (Å²) in [5.41, 5.74) is 2.27. The van der Waals surface area contributed by atoms with Crippen molar-refractivity contribution in [2.24, 2.45) is 4.99 Å². The van der Waals surface area contributed by atoms with Crippen molar-refractivity contribution in [1.29, 1.82) is 0 Å². The number of amides is 1. The van der Waals surface area contributed by atoms with Gasteiger partial charge in [-0.2, -0.15) is 0 Å². The van der Waals surface area contributed by atoms with Gasteiger partial charge in [-0.1, -0.05) is 48.0 Å². The number of hydrogen-bond donors (Lipinski definition) is 1. The van der Waals surface area contributed by atoms with Crippen LogP contribution in [0.5, 0.6) is 5.75 Å². The van der Waals surface area contributed by atoms with E-state index in [0.29, 0.717) is 12.0 Å². The molecule has 6 nitrogen and oxygen atoms in total. The Labute approximate surface area is 210 Å². The van der Waals surface area contributed by atoms with Crippen LogP contribution >= 0.6 is 11.6 Å². The van der Waals surface area contributed by atoms with Gasteiger partial charge in [0.2, 0.25) is 5.91 Å². The maximum absolute atomic E-state index is 13.1. The fourth-order valence-corrected chi connectivity index (χ4v) is 4.70. The number of nitrogens with zero attached hydrogens (tertiary/aromatic N) is 3. The Morgan fingerprint density at radius 1 is 1.11 bits per heavy atom. The minimum Gasteiger partial charge on any atom is -0.506 e. The molecule has 1 aliphatic rings. The maximum atomic E-state index is 13.1. The summed E-state index contributed by atoms with van der Waals surface area (Å²) >= 11 is 5.90. The number of rotatable bonds is 7. The van der Waals surface area contributed by atoms with Gasteiger partial charge in [-0.15, -0.1) is 0 Å². The van der Waals surface area contributed by atoms with Gasteiger partial charge in [0, 0.05) is 30.4 Å². The predicted octanol–water partition coefficient (Wildman–Crippen LogP) is 4.60. The lowest BCUT2D eigenvalue weighted by molar-refractivity contribution is -0.132. The minimum atomic E-state index is -0.188. The van der Waals surface area contributed by atoms with Crippen LogP contribution in [0.25, 0.3) is 10.8 Å². The number of hydrogen-bond acceptors (Lipinski definition) is 5. The zero-order valence-corrected chi connectivity index (χ0v) is 20.8. The molecule has 0 aliphatic carbocycles. The molecule has 7 heteroatoms. The molecule has 3 aromatic rings.